The van der Waals surface area contributed by atoms with Crippen LogP contribution in [0.4, 0.5) is 0 Å². The molecule has 1 unspecified atom stereocenters. The summed E-state index contributed by atoms with van der Waals surface area (Å²) < 4.78 is 4.98. The number of carboxylic acid groups (broad SMARTS) is 2. The first kappa shape index (κ1) is 38.0. The minimum atomic E-state index is -0.932. The van der Waals surface area contributed by atoms with E-state index in [1.807, 2.05) is 30.3 Å². The second-order valence-electron chi connectivity index (χ2n) is 9.60. The number of hydrogen-bond donors (Lipinski definition) is 2. The first-order valence-corrected chi connectivity index (χ1v) is 14.3. The highest BCUT2D eigenvalue weighted by molar-refractivity contribution is 5.86. The standard InChI is InChI=1S/C12H22O2.C11H20O2.C10H10O2/c1-3-4-5-6-7-8-9-10-11(2)12(13)14;1-4-7-8-10(5-2)9-13-11(12)6-3;1-8(10(11)12)7-9-5-3-2-4-6-9/h2-10H2,1H3,(H,13,14);6,10H,3-5,7-9H2,1-2H3;2-6H,1,7H2,(H,11,12). The predicted molar refractivity (Wildman–Crippen MR) is 161 cm³/mol. The lowest BCUT2D eigenvalue weighted by Gasteiger charge is -2.13. The highest BCUT2D eigenvalue weighted by Gasteiger charge is 2.07. The van der Waals surface area contributed by atoms with Gasteiger partial charge in [0.2, 0.25) is 0 Å². The van der Waals surface area contributed by atoms with E-state index in [0.29, 0.717) is 30.9 Å². The molecule has 220 valence electrons. The molecule has 0 heterocycles. The van der Waals surface area contributed by atoms with E-state index in [-0.39, 0.29) is 11.5 Å². The molecule has 39 heavy (non-hydrogen) atoms. The predicted octanol–water partition coefficient (Wildman–Crippen LogP) is 8.57. The Kier molecular flexibility index (Phi) is 25.8. The first-order chi connectivity index (χ1) is 18.6. The maximum Gasteiger partial charge on any atom is 0.331 e. The van der Waals surface area contributed by atoms with Gasteiger partial charge in [0.15, 0.2) is 0 Å². The van der Waals surface area contributed by atoms with Gasteiger partial charge in [-0.15, -0.1) is 0 Å². The van der Waals surface area contributed by atoms with E-state index in [0.717, 1.165) is 31.2 Å². The van der Waals surface area contributed by atoms with E-state index in [9.17, 15) is 14.4 Å². The summed E-state index contributed by atoms with van der Waals surface area (Å²) in [6.45, 7) is 17.3. The number of esters is 1. The Morgan fingerprint density at radius 2 is 1.36 bits per heavy atom. The minimum absolute atomic E-state index is 0.223. The second-order valence-corrected chi connectivity index (χ2v) is 9.60. The average molecular weight is 545 g/mol. The molecule has 0 aliphatic heterocycles. The number of benzene rings is 1. The van der Waals surface area contributed by atoms with Crippen molar-refractivity contribution in [1.29, 1.82) is 0 Å². The van der Waals surface area contributed by atoms with Gasteiger partial charge in [0.05, 0.1) is 6.61 Å². The van der Waals surface area contributed by atoms with Crippen LogP contribution in [0.5, 0.6) is 0 Å². The molecular formula is C33H52O6. The lowest BCUT2D eigenvalue weighted by molar-refractivity contribution is -0.139. The molecule has 1 atom stereocenters. The molecule has 0 aliphatic rings. The lowest BCUT2D eigenvalue weighted by atomic mass is 10.0. The van der Waals surface area contributed by atoms with Gasteiger partial charge in [0.25, 0.3) is 0 Å². The summed E-state index contributed by atoms with van der Waals surface area (Å²) in [6, 6.07) is 9.42. The molecule has 0 aromatic heterocycles. The van der Waals surface area contributed by atoms with Crippen LogP contribution in [0.25, 0.3) is 0 Å². The van der Waals surface area contributed by atoms with Crippen molar-refractivity contribution >= 4 is 17.9 Å². The van der Waals surface area contributed by atoms with Gasteiger partial charge in [-0.2, -0.15) is 0 Å². The van der Waals surface area contributed by atoms with Crippen LogP contribution >= 0.6 is 0 Å². The number of aliphatic carboxylic acids is 2. The number of carboxylic acids is 2. The number of hydrogen-bond acceptors (Lipinski definition) is 4. The maximum absolute atomic E-state index is 10.8. The average Bonchev–Trinajstić information content (AvgIpc) is 2.93. The lowest BCUT2D eigenvalue weighted by Crippen LogP contribution is -2.12. The van der Waals surface area contributed by atoms with Crippen LogP contribution in [-0.4, -0.2) is 34.7 Å². The number of carbonyl (C=O) groups is 3. The molecule has 1 aromatic rings. The van der Waals surface area contributed by atoms with E-state index in [1.54, 1.807) is 0 Å². The fourth-order valence-electron chi connectivity index (χ4n) is 3.48. The van der Waals surface area contributed by atoms with Crippen LogP contribution in [0, 0.1) is 5.92 Å². The Morgan fingerprint density at radius 1 is 0.821 bits per heavy atom. The van der Waals surface area contributed by atoms with Crippen molar-refractivity contribution in [1.82, 2.24) is 0 Å². The Labute approximate surface area is 236 Å². The topological polar surface area (TPSA) is 101 Å². The molecule has 0 aliphatic carbocycles. The molecule has 0 amide bonds. The quantitative estimate of drug-likeness (QED) is 0.103. The molecule has 0 radical (unpaired) electrons. The summed E-state index contributed by atoms with van der Waals surface area (Å²) in [7, 11) is 0. The Hall–Kier alpha value is -3.15. The number of unbranched alkanes of at least 4 members (excludes halogenated alkanes) is 7. The van der Waals surface area contributed by atoms with Crippen molar-refractivity contribution in [3.63, 3.8) is 0 Å². The van der Waals surface area contributed by atoms with Crippen LogP contribution in [0.15, 0.2) is 67.3 Å². The highest BCUT2D eigenvalue weighted by atomic mass is 16.5. The van der Waals surface area contributed by atoms with Gasteiger partial charge in [-0.25, -0.2) is 14.4 Å². The first-order valence-electron chi connectivity index (χ1n) is 14.3. The summed E-state index contributed by atoms with van der Waals surface area (Å²) in [5.74, 6) is -1.58. The zero-order valence-electron chi connectivity index (χ0n) is 24.6. The van der Waals surface area contributed by atoms with Crippen LogP contribution < -0.4 is 0 Å². The van der Waals surface area contributed by atoms with Crippen LogP contribution in [0.1, 0.15) is 103 Å². The Morgan fingerprint density at radius 3 is 1.85 bits per heavy atom. The van der Waals surface area contributed by atoms with Crippen molar-refractivity contribution in [2.24, 2.45) is 5.92 Å². The highest BCUT2D eigenvalue weighted by Crippen LogP contribution is 2.13. The van der Waals surface area contributed by atoms with Crippen molar-refractivity contribution in [2.75, 3.05) is 6.61 Å². The minimum Gasteiger partial charge on any atom is -0.478 e. The molecule has 6 heteroatoms. The maximum atomic E-state index is 10.8. The van der Waals surface area contributed by atoms with Gasteiger partial charge in [-0.3, -0.25) is 0 Å². The molecule has 6 nitrogen and oxygen atoms in total. The van der Waals surface area contributed by atoms with E-state index in [1.165, 1.54) is 51.0 Å². The SMILES string of the molecule is C=C(CCCCCCCCC)C(=O)O.C=C(Cc1ccccc1)C(=O)O.C=CC(=O)OCC(CC)CCCC. The number of carbonyl (C=O) groups excluding carboxylic acids is 1. The molecule has 0 bridgehead atoms. The third kappa shape index (κ3) is 24.9. The zero-order valence-corrected chi connectivity index (χ0v) is 24.6. The summed E-state index contributed by atoms with van der Waals surface area (Å²) in [4.78, 5) is 31.6. The van der Waals surface area contributed by atoms with Crippen LogP contribution in [0.2, 0.25) is 0 Å². The van der Waals surface area contributed by atoms with E-state index >= 15 is 0 Å². The molecule has 0 saturated heterocycles. The molecule has 0 saturated carbocycles. The largest absolute Gasteiger partial charge is 0.478 e. The summed E-state index contributed by atoms with van der Waals surface area (Å²) in [5.41, 5.74) is 1.55. The van der Waals surface area contributed by atoms with Crippen molar-refractivity contribution in [2.45, 2.75) is 104 Å². The monoisotopic (exact) mass is 544 g/mol. The molecule has 0 spiro atoms. The van der Waals surface area contributed by atoms with Gasteiger partial charge < -0.3 is 14.9 Å². The van der Waals surface area contributed by atoms with Crippen molar-refractivity contribution < 1.29 is 29.3 Å². The van der Waals surface area contributed by atoms with E-state index in [4.69, 9.17) is 14.9 Å². The zero-order chi connectivity index (χ0) is 29.9. The third-order valence-corrected chi connectivity index (χ3v) is 6.12. The normalized spacial score (nSPS) is 10.5. The Bertz CT molecular complexity index is 828. The van der Waals surface area contributed by atoms with E-state index < -0.39 is 11.9 Å². The van der Waals surface area contributed by atoms with Gasteiger partial charge in [-0.05, 0) is 30.7 Å². The van der Waals surface area contributed by atoms with Gasteiger partial charge in [0, 0.05) is 23.6 Å². The number of ether oxygens (including phenoxy) is 1. The van der Waals surface area contributed by atoms with Crippen molar-refractivity contribution in [3.05, 3.63) is 72.9 Å². The number of rotatable bonds is 19. The van der Waals surface area contributed by atoms with Gasteiger partial charge in [-0.1, -0.05) is 129 Å². The van der Waals surface area contributed by atoms with Crippen molar-refractivity contribution in [3.8, 4) is 0 Å². The second kappa shape index (κ2) is 26.5. The molecule has 2 N–H and O–H groups in total. The fraction of sp³-hybridized carbons (Fsp3) is 0.545. The van der Waals surface area contributed by atoms with E-state index in [2.05, 4.69) is 40.5 Å². The molecule has 1 rings (SSSR count). The Balaban J connectivity index is 0. The van der Waals surface area contributed by atoms with Gasteiger partial charge >= 0.3 is 17.9 Å². The molecule has 1 aromatic carbocycles. The summed E-state index contributed by atoms with van der Waals surface area (Å²) in [6.07, 6.45) is 15.4. The smallest absolute Gasteiger partial charge is 0.331 e. The third-order valence-electron chi connectivity index (χ3n) is 6.12. The molecular weight excluding hydrogens is 492 g/mol. The summed E-state index contributed by atoms with van der Waals surface area (Å²) >= 11 is 0. The van der Waals surface area contributed by atoms with Crippen LogP contribution in [-0.2, 0) is 25.5 Å². The molecule has 0 fully saturated rings. The fourth-order valence-corrected chi connectivity index (χ4v) is 3.48. The van der Waals surface area contributed by atoms with Gasteiger partial charge in [0.1, 0.15) is 0 Å². The summed E-state index contributed by atoms with van der Waals surface area (Å²) in [5, 5.41) is 17.1. The van der Waals surface area contributed by atoms with Crippen LogP contribution in [0.3, 0.4) is 0 Å².